The molecule has 9 heteroatoms. The fourth-order valence-corrected chi connectivity index (χ4v) is 2.02. The Morgan fingerprint density at radius 1 is 1.20 bits per heavy atom. The zero-order valence-electron chi connectivity index (χ0n) is 14.3. The summed E-state index contributed by atoms with van der Waals surface area (Å²) in [6.07, 6.45) is 0.253. The number of benzene rings is 1. The molecule has 138 valence electrons. The van der Waals surface area contributed by atoms with E-state index in [1.807, 2.05) is 0 Å². The highest BCUT2D eigenvalue weighted by atomic mass is 16.5. The van der Waals surface area contributed by atoms with E-state index in [2.05, 4.69) is 5.32 Å². The lowest BCUT2D eigenvalue weighted by molar-refractivity contribution is -0.137. The van der Waals surface area contributed by atoms with E-state index < -0.39 is 17.8 Å². The van der Waals surface area contributed by atoms with Gasteiger partial charge in [-0.3, -0.25) is 14.4 Å². The highest BCUT2D eigenvalue weighted by Crippen LogP contribution is 2.38. The number of primary amides is 1. The number of rotatable bonds is 10. The molecule has 0 aromatic heterocycles. The van der Waals surface area contributed by atoms with Crippen molar-refractivity contribution in [2.24, 2.45) is 5.73 Å². The molecule has 2 amide bonds. The predicted molar refractivity (Wildman–Crippen MR) is 88.0 cm³/mol. The van der Waals surface area contributed by atoms with Gasteiger partial charge in [-0.1, -0.05) is 0 Å². The molecule has 0 saturated heterocycles. The summed E-state index contributed by atoms with van der Waals surface area (Å²) in [6, 6.07) is 2.53. The van der Waals surface area contributed by atoms with Gasteiger partial charge in [-0.15, -0.1) is 0 Å². The van der Waals surface area contributed by atoms with Gasteiger partial charge in [-0.25, -0.2) is 0 Å². The van der Waals surface area contributed by atoms with Crippen LogP contribution in [0.25, 0.3) is 0 Å². The summed E-state index contributed by atoms with van der Waals surface area (Å²) in [6.45, 7) is 1.34. The molecule has 0 aliphatic heterocycles. The Hall–Kier alpha value is -2.97. The summed E-state index contributed by atoms with van der Waals surface area (Å²) in [5, 5.41) is 11.4. The quantitative estimate of drug-likeness (QED) is 0.558. The molecule has 1 unspecified atom stereocenters. The third kappa shape index (κ3) is 6.21. The normalized spacial score (nSPS) is 11.3. The van der Waals surface area contributed by atoms with Crippen LogP contribution in [-0.2, 0) is 9.59 Å². The van der Waals surface area contributed by atoms with Gasteiger partial charge in [0.25, 0.3) is 11.8 Å². The van der Waals surface area contributed by atoms with Crippen LogP contribution < -0.4 is 25.3 Å². The summed E-state index contributed by atoms with van der Waals surface area (Å²) in [5.74, 6) is -1.47. The molecule has 1 aromatic rings. The molecule has 1 atom stereocenters. The highest BCUT2D eigenvalue weighted by Gasteiger charge is 2.19. The van der Waals surface area contributed by atoms with Crippen LogP contribution in [0.2, 0.25) is 0 Å². The summed E-state index contributed by atoms with van der Waals surface area (Å²) in [4.78, 5) is 33.8. The molecule has 4 N–H and O–H groups in total. The van der Waals surface area contributed by atoms with E-state index in [1.165, 1.54) is 26.4 Å². The topological polar surface area (TPSA) is 137 Å². The standard InChI is InChI=1S/C16H22N2O7/c1-9(4-5-14(20)21)18-16(22)10-6-11(23-2)15(12(7-10)24-3)25-8-13(17)19/h6-7,9H,4-5,8H2,1-3H3,(H2,17,19)(H,18,22)(H,20,21). The largest absolute Gasteiger partial charge is 0.493 e. The number of carbonyl (C=O) groups excluding carboxylic acids is 2. The Morgan fingerprint density at radius 3 is 2.20 bits per heavy atom. The number of carboxylic acid groups (broad SMARTS) is 1. The molecular weight excluding hydrogens is 332 g/mol. The second-order valence-corrected chi connectivity index (χ2v) is 5.27. The van der Waals surface area contributed by atoms with Crippen molar-refractivity contribution in [3.05, 3.63) is 17.7 Å². The molecular formula is C16H22N2O7. The van der Waals surface area contributed by atoms with Crippen molar-refractivity contribution in [1.82, 2.24) is 5.32 Å². The van der Waals surface area contributed by atoms with Gasteiger partial charge in [0, 0.05) is 18.0 Å². The van der Waals surface area contributed by atoms with Crippen LogP contribution in [0, 0.1) is 0 Å². The fraction of sp³-hybridized carbons (Fsp3) is 0.438. The van der Waals surface area contributed by atoms with Crippen molar-refractivity contribution < 1.29 is 33.7 Å². The maximum absolute atomic E-state index is 12.3. The molecule has 25 heavy (non-hydrogen) atoms. The van der Waals surface area contributed by atoms with E-state index >= 15 is 0 Å². The molecule has 0 fully saturated rings. The molecule has 0 heterocycles. The molecule has 0 saturated carbocycles. The van der Waals surface area contributed by atoms with Crippen LogP contribution in [0.15, 0.2) is 12.1 Å². The molecule has 1 rings (SSSR count). The summed E-state index contributed by atoms with van der Waals surface area (Å²) in [5.41, 5.74) is 5.29. The number of carbonyl (C=O) groups is 3. The SMILES string of the molecule is COc1cc(C(=O)NC(C)CCC(=O)O)cc(OC)c1OCC(N)=O. The average molecular weight is 354 g/mol. The van der Waals surface area contributed by atoms with Crippen LogP contribution >= 0.6 is 0 Å². The van der Waals surface area contributed by atoms with Crippen LogP contribution in [0.3, 0.4) is 0 Å². The maximum atomic E-state index is 12.3. The Morgan fingerprint density at radius 2 is 1.76 bits per heavy atom. The van der Waals surface area contributed by atoms with Gasteiger partial charge in [0.2, 0.25) is 5.75 Å². The first-order chi connectivity index (χ1) is 11.8. The minimum absolute atomic E-state index is 0.0476. The van der Waals surface area contributed by atoms with Crippen LogP contribution in [-0.4, -0.2) is 49.8 Å². The van der Waals surface area contributed by atoms with E-state index in [0.29, 0.717) is 6.42 Å². The van der Waals surface area contributed by atoms with Crippen molar-refractivity contribution in [1.29, 1.82) is 0 Å². The average Bonchev–Trinajstić information content (AvgIpc) is 2.56. The number of ether oxygens (including phenoxy) is 3. The van der Waals surface area contributed by atoms with Crippen molar-refractivity contribution >= 4 is 17.8 Å². The zero-order chi connectivity index (χ0) is 19.0. The van der Waals surface area contributed by atoms with Gasteiger partial charge in [-0.05, 0) is 25.5 Å². The zero-order valence-corrected chi connectivity index (χ0v) is 14.3. The van der Waals surface area contributed by atoms with Gasteiger partial charge in [0.05, 0.1) is 14.2 Å². The third-order valence-corrected chi connectivity index (χ3v) is 3.25. The van der Waals surface area contributed by atoms with Crippen molar-refractivity contribution in [3.8, 4) is 17.2 Å². The Balaban J connectivity index is 2.98. The monoisotopic (exact) mass is 354 g/mol. The molecule has 0 radical (unpaired) electrons. The minimum Gasteiger partial charge on any atom is -0.493 e. The summed E-state index contributed by atoms with van der Waals surface area (Å²) >= 11 is 0. The minimum atomic E-state index is -0.930. The highest BCUT2D eigenvalue weighted by molar-refractivity contribution is 5.95. The number of hydrogen-bond donors (Lipinski definition) is 3. The molecule has 9 nitrogen and oxygen atoms in total. The lowest BCUT2D eigenvalue weighted by Crippen LogP contribution is -2.33. The predicted octanol–water partition coefficient (Wildman–Crippen LogP) is 0.551. The first kappa shape index (κ1) is 20.1. The summed E-state index contributed by atoms with van der Waals surface area (Å²) in [7, 11) is 2.76. The second kappa shape index (κ2) is 9.36. The number of amides is 2. The van der Waals surface area contributed by atoms with E-state index in [9.17, 15) is 14.4 Å². The van der Waals surface area contributed by atoms with E-state index in [-0.39, 0.29) is 41.9 Å². The number of nitrogens with two attached hydrogens (primary N) is 1. The van der Waals surface area contributed by atoms with E-state index in [4.69, 9.17) is 25.1 Å². The van der Waals surface area contributed by atoms with E-state index in [1.54, 1.807) is 6.92 Å². The number of aliphatic carboxylic acids is 1. The Kier molecular flexibility index (Phi) is 7.51. The molecule has 0 aliphatic rings. The van der Waals surface area contributed by atoms with Crippen molar-refractivity contribution in [2.75, 3.05) is 20.8 Å². The first-order valence-electron chi connectivity index (χ1n) is 7.48. The van der Waals surface area contributed by atoms with Gasteiger partial charge in [-0.2, -0.15) is 0 Å². The number of methoxy groups -OCH3 is 2. The summed E-state index contributed by atoms with van der Waals surface area (Å²) < 4.78 is 15.6. The molecule has 1 aromatic carbocycles. The number of hydrogen-bond acceptors (Lipinski definition) is 6. The smallest absolute Gasteiger partial charge is 0.303 e. The molecule has 0 bridgehead atoms. The Bertz CT molecular complexity index is 620. The molecule has 0 spiro atoms. The fourth-order valence-electron chi connectivity index (χ4n) is 2.02. The third-order valence-electron chi connectivity index (χ3n) is 3.25. The van der Waals surface area contributed by atoms with Gasteiger partial charge in [0.15, 0.2) is 18.1 Å². The lowest BCUT2D eigenvalue weighted by Gasteiger charge is -2.17. The van der Waals surface area contributed by atoms with Gasteiger partial charge in [0.1, 0.15) is 0 Å². The second-order valence-electron chi connectivity index (χ2n) is 5.27. The van der Waals surface area contributed by atoms with Crippen LogP contribution in [0.1, 0.15) is 30.1 Å². The molecule has 0 aliphatic carbocycles. The number of nitrogens with one attached hydrogen (secondary N) is 1. The van der Waals surface area contributed by atoms with Crippen LogP contribution in [0.5, 0.6) is 17.2 Å². The van der Waals surface area contributed by atoms with Crippen molar-refractivity contribution in [2.45, 2.75) is 25.8 Å². The van der Waals surface area contributed by atoms with Crippen molar-refractivity contribution in [3.63, 3.8) is 0 Å². The van der Waals surface area contributed by atoms with E-state index in [0.717, 1.165) is 0 Å². The maximum Gasteiger partial charge on any atom is 0.303 e. The lowest BCUT2D eigenvalue weighted by atomic mass is 10.1. The number of carboxylic acids is 1. The van der Waals surface area contributed by atoms with Gasteiger partial charge >= 0.3 is 5.97 Å². The Labute approximate surface area is 145 Å². The first-order valence-corrected chi connectivity index (χ1v) is 7.48. The van der Waals surface area contributed by atoms with Crippen LogP contribution in [0.4, 0.5) is 0 Å². The van der Waals surface area contributed by atoms with Gasteiger partial charge < -0.3 is 30.4 Å².